The highest BCUT2D eigenvalue weighted by molar-refractivity contribution is 8.01. The maximum Gasteiger partial charge on any atom is 0.420 e. The predicted octanol–water partition coefficient (Wildman–Crippen LogP) is 2.76. The normalized spacial score (nSPS) is 12.4. The molecule has 0 saturated carbocycles. The first-order valence-electron chi connectivity index (χ1n) is 6.97. The van der Waals surface area contributed by atoms with Gasteiger partial charge in [0.2, 0.25) is 11.0 Å². The highest BCUT2D eigenvalue weighted by atomic mass is 32.2. The lowest BCUT2D eigenvalue weighted by Crippen LogP contribution is -2.29. The number of rotatable bonds is 5. The molecule has 1 amide bonds. The van der Waals surface area contributed by atoms with Crippen molar-refractivity contribution < 1.29 is 9.21 Å². The van der Waals surface area contributed by atoms with E-state index in [1.807, 2.05) is 6.92 Å². The van der Waals surface area contributed by atoms with Crippen LogP contribution < -0.4 is 11.1 Å². The maximum absolute atomic E-state index is 12.4. The molecule has 0 bridgehead atoms. The van der Waals surface area contributed by atoms with E-state index in [9.17, 15) is 9.59 Å². The van der Waals surface area contributed by atoms with E-state index in [0.717, 1.165) is 10.1 Å². The van der Waals surface area contributed by atoms with Crippen molar-refractivity contribution in [1.29, 1.82) is 0 Å². The molecule has 2 heterocycles. The van der Waals surface area contributed by atoms with Gasteiger partial charge in [-0.05, 0) is 24.8 Å². The summed E-state index contributed by atoms with van der Waals surface area (Å²) in [4.78, 5) is 24.4. The summed E-state index contributed by atoms with van der Waals surface area (Å²) in [5, 5.41) is 11.0. The first kappa shape index (κ1) is 15.8. The summed E-state index contributed by atoms with van der Waals surface area (Å²) in [7, 11) is 0. The third-order valence-electron chi connectivity index (χ3n) is 3.19. The Kier molecular flexibility index (Phi) is 4.49. The van der Waals surface area contributed by atoms with Gasteiger partial charge in [-0.3, -0.25) is 14.7 Å². The van der Waals surface area contributed by atoms with Crippen molar-refractivity contribution in [2.75, 3.05) is 11.1 Å². The summed E-state index contributed by atoms with van der Waals surface area (Å²) < 4.78 is 7.28. The Morgan fingerprint density at radius 3 is 3.00 bits per heavy atom. The van der Waals surface area contributed by atoms with Crippen molar-refractivity contribution in [3.8, 4) is 0 Å². The predicted molar refractivity (Wildman–Crippen MR) is 90.1 cm³/mol. The number of oxazole rings is 1. The van der Waals surface area contributed by atoms with E-state index in [4.69, 9.17) is 4.42 Å². The quantitative estimate of drug-likeness (QED) is 0.562. The number of anilines is 1. The van der Waals surface area contributed by atoms with Gasteiger partial charge in [0.05, 0.1) is 5.52 Å². The Hall–Kier alpha value is -2.13. The third kappa shape index (κ3) is 3.15. The zero-order valence-electron chi connectivity index (χ0n) is 12.5. The van der Waals surface area contributed by atoms with E-state index in [1.165, 1.54) is 15.9 Å². The average Bonchev–Trinajstić information content (AvgIpc) is 3.10. The molecule has 9 heteroatoms. The van der Waals surface area contributed by atoms with Gasteiger partial charge in [0, 0.05) is 0 Å². The second-order valence-corrected chi connectivity index (χ2v) is 7.17. The van der Waals surface area contributed by atoms with Crippen molar-refractivity contribution in [1.82, 2.24) is 14.8 Å². The van der Waals surface area contributed by atoms with Crippen LogP contribution in [-0.2, 0) is 4.79 Å². The van der Waals surface area contributed by atoms with Crippen LogP contribution in [0.2, 0.25) is 0 Å². The lowest BCUT2D eigenvalue weighted by molar-refractivity contribution is -0.118. The Morgan fingerprint density at radius 1 is 1.43 bits per heavy atom. The van der Waals surface area contributed by atoms with Gasteiger partial charge in [-0.25, -0.2) is 4.79 Å². The van der Waals surface area contributed by atoms with Crippen LogP contribution in [0.25, 0.3) is 11.1 Å². The monoisotopic (exact) mass is 350 g/mol. The van der Waals surface area contributed by atoms with Gasteiger partial charge in [-0.1, -0.05) is 42.2 Å². The minimum Gasteiger partial charge on any atom is -0.408 e. The summed E-state index contributed by atoms with van der Waals surface area (Å²) in [5.41, 5.74) is 1.04. The molecule has 3 rings (SSSR count). The molecule has 0 unspecified atom stereocenters. The van der Waals surface area contributed by atoms with Crippen LogP contribution in [0.1, 0.15) is 19.9 Å². The molecule has 0 aliphatic heterocycles. The summed E-state index contributed by atoms with van der Waals surface area (Å²) in [6.07, 6.45) is 0. The number of amides is 1. The number of hydrogen-bond donors (Lipinski definition) is 1. The molecule has 1 aromatic carbocycles. The molecule has 0 saturated heterocycles. The van der Waals surface area contributed by atoms with Gasteiger partial charge in [-0.2, -0.15) is 0 Å². The van der Waals surface area contributed by atoms with Crippen LogP contribution in [-0.4, -0.2) is 26.4 Å². The molecule has 0 fully saturated rings. The Morgan fingerprint density at radius 2 is 2.22 bits per heavy atom. The van der Waals surface area contributed by atoms with Crippen LogP contribution in [0.3, 0.4) is 0 Å². The summed E-state index contributed by atoms with van der Waals surface area (Å²) in [6.45, 7) is 3.66. The van der Waals surface area contributed by atoms with Crippen molar-refractivity contribution in [3.05, 3.63) is 34.8 Å². The molecule has 2 aromatic heterocycles. The molecular weight excluding hydrogens is 336 g/mol. The third-order valence-corrected chi connectivity index (χ3v) is 5.04. The van der Waals surface area contributed by atoms with E-state index in [2.05, 4.69) is 15.5 Å². The molecule has 1 N–H and O–H groups in total. The zero-order chi connectivity index (χ0) is 16.4. The summed E-state index contributed by atoms with van der Waals surface area (Å²) >= 11 is 2.86. The van der Waals surface area contributed by atoms with Crippen LogP contribution in [0, 0.1) is 0 Å². The number of fused-ring (bicyclic) bond motifs is 1. The van der Waals surface area contributed by atoms with Gasteiger partial charge >= 0.3 is 5.76 Å². The lowest BCUT2D eigenvalue weighted by Gasteiger charge is -2.11. The molecule has 0 aliphatic rings. The standard InChI is InChI=1S/C14H14N4O3S2/c1-3-22-13-17-16-12(23-13)15-11(19)8(2)18-9-6-4-5-7-10(9)21-14(18)20/h4-8H,3H2,1-2H3,(H,15,16,19)/t8-/m1/s1. The molecule has 23 heavy (non-hydrogen) atoms. The number of para-hydroxylation sites is 2. The zero-order valence-corrected chi connectivity index (χ0v) is 14.1. The van der Waals surface area contributed by atoms with Crippen molar-refractivity contribution in [2.24, 2.45) is 0 Å². The highest BCUT2D eigenvalue weighted by Gasteiger charge is 2.22. The van der Waals surface area contributed by atoms with E-state index in [0.29, 0.717) is 16.2 Å². The van der Waals surface area contributed by atoms with Crippen LogP contribution in [0.5, 0.6) is 0 Å². The maximum atomic E-state index is 12.4. The second kappa shape index (κ2) is 6.55. The Labute approximate surface area is 139 Å². The van der Waals surface area contributed by atoms with Crippen molar-refractivity contribution >= 4 is 45.2 Å². The van der Waals surface area contributed by atoms with Crippen LogP contribution in [0.15, 0.2) is 37.8 Å². The fourth-order valence-electron chi connectivity index (χ4n) is 2.12. The number of carbonyl (C=O) groups is 1. The highest BCUT2D eigenvalue weighted by Crippen LogP contribution is 2.26. The first-order chi connectivity index (χ1) is 11.1. The SMILES string of the molecule is CCSc1nnc(NC(=O)[C@@H](C)n2c(=O)oc3ccccc32)s1. The molecule has 0 aliphatic carbocycles. The Bertz CT molecular complexity index is 899. The fourth-order valence-corrected chi connectivity index (χ4v) is 3.77. The largest absolute Gasteiger partial charge is 0.420 e. The van der Waals surface area contributed by atoms with Gasteiger partial charge in [-0.15, -0.1) is 10.2 Å². The van der Waals surface area contributed by atoms with Gasteiger partial charge < -0.3 is 4.42 Å². The van der Waals surface area contributed by atoms with E-state index < -0.39 is 11.8 Å². The molecule has 7 nitrogen and oxygen atoms in total. The number of thioether (sulfide) groups is 1. The first-order valence-corrected chi connectivity index (χ1v) is 8.77. The summed E-state index contributed by atoms with van der Waals surface area (Å²) in [5.74, 6) is -0.0220. The molecule has 120 valence electrons. The van der Waals surface area contributed by atoms with Gasteiger partial charge in [0.1, 0.15) is 6.04 Å². The number of hydrogen-bond acceptors (Lipinski definition) is 7. The molecular formula is C14H14N4O3S2. The smallest absolute Gasteiger partial charge is 0.408 e. The van der Waals surface area contributed by atoms with Crippen LogP contribution in [0.4, 0.5) is 5.13 Å². The lowest BCUT2D eigenvalue weighted by atomic mass is 10.2. The number of nitrogens with zero attached hydrogens (tertiary/aromatic N) is 3. The molecule has 0 radical (unpaired) electrons. The fraction of sp³-hybridized carbons (Fsp3) is 0.286. The van der Waals surface area contributed by atoms with Crippen molar-refractivity contribution in [2.45, 2.75) is 24.2 Å². The average molecular weight is 350 g/mol. The summed E-state index contributed by atoms with van der Waals surface area (Å²) in [6, 6.07) is 6.27. The van der Waals surface area contributed by atoms with E-state index in [1.54, 1.807) is 43.0 Å². The van der Waals surface area contributed by atoms with Gasteiger partial charge in [0.15, 0.2) is 9.92 Å². The number of benzene rings is 1. The van der Waals surface area contributed by atoms with E-state index >= 15 is 0 Å². The minimum absolute atomic E-state index is 0.345. The molecule has 1 atom stereocenters. The number of carbonyl (C=O) groups excluding carboxylic acids is 1. The Balaban J connectivity index is 1.83. The number of nitrogens with one attached hydrogen (secondary N) is 1. The second-order valence-electron chi connectivity index (χ2n) is 4.68. The minimum atomic E-state index is -0.725. The molecule has 0 spiro atoms. The topological polar surface area (TPSA) is 90.0 Å². The molecule has 3 aromatic rings. The number of aromatic nitrogens is 3. The van der Waals surface area contributed by atoms with E-state index in [-0.39, 0.29) is 5.91 Å². The van der Waals surface area contributed by atoms with Gasteiger partial charge in [0.25, 0.3) is 0 Å². The van der Waals surface area contributed by atoms with Crippen LogP contribution >= 0.6 is 23.1 Å². The van der Waals surface area contributed by atoms with Crippen molar-refractivity contribution in [3.63, 3.8) is 0 Å².